The minimum atomic E-state index is -3.08. The van der Waals surface area contributed by atoms with E-state index in [1.54, 1.807) is 37.6 Å². The summed E-state index contributed by atoms with van der Waals surface area (Å²) in [5.41, 5.74) is 1.10. The van der Waals surface area contributed by atoms with Gasteiger partial charge in [0.1, 0.15) is 5.69 Å². The molecule has 0 bridgehead atoms. The monoisotopic (exact) mass is 418 g/mol. The zero-order valence-electron chi connectivity index (χ0n) is 15.0. The first-order valence-electron chi connectivity index (χ1n) is 8.55. The lowest BCUT2D eigenvalue weighted by molar-refractivity contribution is -0.118. The third-order valence-corrected chi connectivity index (χ3v) is 7.95. The first-order valence-corrected chi connectivity index (χ1v) is 11.3. The van der Waals surface area contributed by atoms with Crippen LogP contribution in [0.15, 0.2) is 30.7 Å². The van der Waals surface area contributed by atoms with Crippen LogP contribution < -0.4 is 4.90 Å². The van der Waals surface area contributed by atoms with Crippen LogP contribution in [-0.4, -0.2) is 54.6 Å². The van der Waals surface area contributed by atoms with Gasteiger partial charge in [0.15, 0.2) is 5.15 Å². The quantitative estimate of drug-likeness (QED) is 0.702. The van der Waals surface area contributed by atoms with E-state index < -0.39 is 21.1 Å². The summed E-state index contributed by atoms with van der Waals surface area (Å²) < 4.78 is 40.5. The highest BCUT2D eigenvalue weighted by Gasteiger charge is 2.61. The molecule has 148 valence electrons. The van der Waals surface area contributed by atoms with Crippen LogP contribution in [0.25, 0.3) is 5.69 Å². The van der Waals surface area contributed by atoms with Crippen LogP contribution in [0, 0.1) is 0 Å². The number of hydrogen-bond acceptors (Lipinski definition) is 4. The van der Waals surface area contributed by atoms with E-state index in [-0.39, 0.29) is 29.7 Å². The van der Waals surface area contributed by atoms with Gasteiger partial charge in [-0.15, -0.1) is 0 Å². The molecule has 0 radical (unpaired) electrons. The number of thiol groups is 1. The minimum absolute atomic E-state index is 0.0447. The van der Waals surface area contributed by atoms with Gasteiger partial charge in [0.2, 0.25) is 5.91 Å². The number of carbonyl (C=O) groups excluding carboxylic acids is 1. The van der Waals surface area contributed by atoms with Crippen LogP contribution >= 0.6 is 11.6 Å². The molecule has 0 aliphatic heterocycles. The van der Waals surface area contributed by atoms with Gasteiger partial charge in [-0.1, -0.05) is 21.5 Å². The molecule has 1 aliphatic carbocycles. The first-order chi connectivity index (χ1) is 12.7. The number of amides is 1. The van der Waals surface area contributed by atoms with E-state index in [1.165, 1.54) is 15.8 Å². The van der Waals surface area contributed by atoms with Gasteiger partial charge in [0, 0.05) is 31.3 Å². The van der Waals surface area contributed by atoms with Crippen molar-refractivity contribution in [3.63, 3.8) is 0 Å². The Bertz CT molecular complexity index is 890. The molecule has 1 unspecified atom stereocenters. The Balaban J connectivity index is 1.72. The predicted octanol–water partition coefficient (Wildman–Crippen LogP) is 2.72. The Kier molecular flexibility index (Phi) is 5.36. The molecule has 1 amide bonds. The molecule has 1 saturated carbocycles. The number of nitrogens with zero attached hydrogens (tertiary/aromatic N) is 4. The van der Waals surface area contributed by atoms with Crippen molar-refractivity contribution >= 4 is 33.1 Å². The van der Waals surface area contributed by atoms with Gasteiger partial charge in [0.05, 0.1) is 23.3 Å². The van der Waals surface area contributed by atoms with E-state index in [4.69, 9.17) is 11.6 Å². The van der Waals surface area contributed by atoms with Gasteiger partial charge in [-0.3, -0.25) is 14.0 Å². The second-order valence-electron chi connectivity index (χ2n) is 6.73. The fourth-order valence-corrected chi connectivity index (χ4v) is 5.64. The van der Waals surface area contributed by atoms with Crippen molar-refractivity contribution in [2.45, 2.75) is 30.9 Å². The van der Waals surface area contributed by atoms with Crippen LogP contribution in [0.4, 0.5) is 14.5 Å². The third-order valence-electron chi connectivity index (χ3n) is 4.69. The second-order valence-corrected chi connectivity index (χ2v) is 10.5. The standard InChI is InChI=1S/C17H21ClF2N4O2S/c1-3-23(15(25)6-8-27(2,26)14-9-17(14,19)20)13-11-24(22-16(13)18)12-5-4-7-21-10-12/h4-5,7,10-11,14,27H,3,6,8-9H2,1-2H3. The smallest absolute Gasteiger partial charge is 0.261 e. The van der Waals surface area contributed by atoms with Crippen molar-refractivity contribution in [2.75, 3.05) is 23.5 Å². The molecule has 0 N–H and O–H groups in total. The summed E-state index contributed by atoms with van der Waals surface area (Å²) in [5.74, 6) is -3.22. The van der Waals surface area contributed by atoms with Crippen molar-refractivity contribution in [3.8, 4) is 5.69 Å². The molecule has 2 aromatic rings. The lowest BCUT2D eigenvalue weighted by atomic mass is 10.3. The van der Waals surface area contributed by atoms with E-state index in [1.807, 2.05) is 0 Å². The van der Waals surface area contributed by atoms with Gasteiger partial charge < -0.3 is 4.90 Å². The number of hydrogen-bond donors (Lipinski definition) is 1. The molecule has 6 nitrogen and oxygen atoms in total. The largest absolute Gasteiger partial charge is 0.308 e. The molecule has 0 saturated heterocycles. The predicted molar refractivity (Wildman–Crippen MR) is 103 cm³/mol. The highest BCUT2D eigenvalue weighted by Crippen LogP contribution is 2.49. The van der Waals surface area contributed by atoms with Crippen molar-refractivity contribution < 1.29 is 17.8 Å². The first kappa shape index (κ1) is 19.9. The summed E-state index contributed by atoms with van der Waals surface area (Å²) in [6, 6.07) is 3.54. The number of aromatic nitrogens is 3. The number of pyridine rings is 1. The summed E-state index contributed by atoms with van der Waals surface area (Å²) in [7, 11) is -3.08. The normalized spacial score (nSPS) is 18.9. The van der Waals surface area contributed by atoms with Gasteiger partial charge in [0.25, 0.3) is 5.92 Å². The summed E-state index contributed by atoms with van der Waals surface area (Å²) in [5, 5.41) is 3.24. The molecule has 10 heteroatoms. The number of rotatable bonds is 7. The zero-order chi connectivity index (χ0) is 19.8. The van der Waals surface area contributed by atoms with E-state index in [2.05, 4.69) is 10.1 Å². The Morgan fingerprint density at radius 3 is 2.78 bits per heavy atom. The Morgan fingerprint density at radius 2 is 2.22 bits per heavy atom. The van der Waals surface area contributed by atoms with Crippen LogP contribution in [-0.2, 0) is 14.7 Å². The number of anilines is 1. The maximum atomic E-state index is 13.2. The molecular formula is C17H21ClF2N4O2S. The number of alkyl halides is 2. The van der Waals surface area contributed by atoms with Crippen molar-refractivity contribution in [1.29, 1.82) is 0 Å². The molecule has 3 rings (SSSR count). The molecule has 2 aromatic heterocycles. The fraction of sp³-hybridized carbons (Fsp3) is 0.471. The Morgan fingerprint density at radius 1 is 1.52 bits per heavy atom. The molecule has 1 aliphatic rings. The highest BCUT2D eigenvalue weighted by atomic mass is 35.5. The SMILES string of the molecule is CCN(C(=O)CC[SH](C)(=O)C1CC1(F)F)c1cn(-c2cccnc2)nc1Cl. The van der Waals surface area contributed by atoms with Gasteiger partial charge in [-0.05, 0) is 25.3 Å². The molecule has 1 fully saturated rings. The van der Waals surface area contributed by atoms with E-state index in [9.17, 15) is 17.8 Å². The Hall–Kier alpha value is -1.87. The molecule has 0 spiro atoms. The van der Waals surface area contributed by atoms with E-state index in [0.717, 1.165) is 0 Å². The molecule has 0 aromatic carbocycles. The maximum Gasteiger partial charge on any atom is 0.261 e. The molecule has 2 heterocycles. The highest BCUT2D eigenvalue weighted by molar-refractivity contribution is 8.03. The van der Waals surface area contributed by atoms with Crippen molar-refractivity contribution in [3.05, 3.63) is 35.9 Å². The lowest BCUT2D eigenvalue weighted by Gasteiger charge is -2.22. The zero-order valence-corrected chi connectivity index (χ0v) is 16.6. The maximum absolute atomic E-state index is 13.2. The van der Waals surface area contributed by atoms with Crippen LogP contribution in [0.3, 0.4) is 0 Å². The van der Waals surface area contributed by atoms with E-state index >= 15 is 0 Å². The summed E-state index contributed by atoms with van der Waals surface area (Å²) >= 11 is 6.20. The summed E-state index contributed by atoms with van der Waals surface area (Å²) in [6.45, 7) is 2.10. The van der Waals surface area contributed by atoms with Crippen LogP contribution in [0.2, 0.25) is 5.15 Å². The summed E-state index contributed by atoms with van der Waals surface area (Å²) in [4.78, 5) is 18.1. The van der Waals surface area contributed by atoms with Gasteiger partial charge >= 0.3 is 0 Å². The number of halogens is 3. The van der Waals surface area contributed by atoms with Gasteiger partial charge in [-0.25, -0.2) is 13.5 Å². The van der Waals surface area contributed by atoms with Crippen molar-refractivity contribution in [1.82, 2.24) is 14.8 Å². The van der Waals surface area contributed by atoms with E-state index in [0.29, 0.717) is 17.9 Å². The molecule has 1 atom stereocenters. The fourth-order valence-electron chi connectivity index (χ4n) is 3.03. The van der Waals surface area contributed by atoms with Crippen LogP contribution in [0.1, 0.15) is 19.8 Å². The topological polar surface area (TPSA) is 68.1 Å². The average molecular weight is 419 g/mol. The summed E-state index contributed by atoms with van der Waals surface area (Å²) in [6.07, 6.45) is 5.77. The van der Waals surface area contributed by atoms with Gasteiger partial charge in [-0.2, -0.15) is 5.10 Å². The second kappa shape index (κ2) is 7.27. The third kappa shape index (κ3) is 4.19. The van der Waals surface area contributed by atoms with Crippen molar-refractivity contribution in [2.24, 2.45) is 0 Å². The average Bonchev–Trinajstić information content (AvgIpc) is 3.13. The minimum Gasteiger partial charge on any atom is -0.308 e. The molecule has 27 heavy (non-hydrogen) atoms. The number of carbonyl (C=O) groups is 1. The lowest BCUT2D eigenvalue weighted by Crippen LogP contribution is -2.34. The Labute approximate surface area is 161 Å². The van der Waals surface area contributed by atoms with Crippen LogP contribution in [0.5, 0.6) is 0 Å². The molecular weight excluding hydrogens is 398 g/mol.